The van der Waals surface area contributed by atoms with Crippen LogP contribution >= 0.6 is 0 Å². The van der Waals surface area contributed by atoms with E-state index in [1.165, 1.54) is 0 Å². The van der Waals surface area contributed by atoms with Gasteiger partial charge in [-0.3, -0.25) is 4.79 Å². The molecule has 0 aliphatic rings. The van der Waals surface area contributed by atoms with Gasteiger partial charge in [-0.2, -0.15) is 5.10 Å². The Hall–Kier alpha value is -2.11. The Morgan fingerprint density at radius 2 is 2.16 bits per heavy atom. The first-order valence-electron chi connectivity index (χ1n) is 6.51. The number of nitrogens with zero attached hydrogens (tertiary/aromatic N) is 4. The number of likely N-dealkylation sites (N-methyl/N-ethyl adjacent to an activating group) is 1. The number of aromatic nitrogens is 3. The molecule has 0 saturated carbocycles. The zero-order valence-corrected chi connectivity index (χ0v) is 11.5. The SMILES string of the molecule is CCN(CC)C(=O)C(C)Nc1nccn2nccc12. The molecular weight excluding hydrogens is 242 g/mol. The fourth-order valence-electron chi connectivity index (χ4n) is 2.04. The fraction of sp³-hybridized carbons (Fsp3) is 0.462. The Kier molecular flexibility index (Phi) is 3.99. The summed E-state index contributed by atoms with van der Waals surface area (Å²) in [6, 6.07) is 1.55. The van der Waals surface area contributed by atoms with E-state index in [2.05, 4.69) is 15.4 Å². The first-order chi connectivity index (χ1) is 9.17. The number of hydrogen-bond acceptors (Lipinski definition) is 4. The van der Waals surface area contributed by atoms with E-state index in [0.29, 0.717) is 18.9 Å². The summed E-state index contributed by atoms with van der Waals surface area (Å²) in [6.45, 7) is 7.23. The van der Waals surface area contributed by atoms with Gasteiger partial charge in [-0.15, -0.1) is 0 Å². The second kappa shape index (κ2) is 5.69. The number of fused-ring (bicyclic) bond motifs is 1. The number of anilines is 1. The van der Waals surface area contributed by atoms with Crippen molar-refractivity contribution in [3.8, 4) is 0 Å². The van der Waals surface area contributed by atoms with E-state index in [1.807, 2.05) is 26.8 Å². The Bertz CT molecular complexity index is 561. The van der Waals surface area contributed by atoms with Gasteiger partial charge in [0.2, 0.25) is 5.91 Å². The van der Waals surface area contributed by atoms with E-state index in [4.69, 9.17) is 0 Å². The molecule has 1 unspecified atom stereocenters. The molecule has 1 atom stereocenters. The fourth-order valence-corrected chi connectivity index (χ4v) is 2.04. The van der Waals surface area contributed by atoms with Crippen LogP contribution in [0, 0.1) is 0 Å². The molecule has 102 valence electrons. The zero-order chi connectivity index (χ0) is 13.8. The summed E-state index contributed by atoms with van der Waals surface area (Å²) < 4.78 is 1.73. The van der Waals surface area contributed by atoms with Crippen molar-refractivity contribution in [1.82, 2.24) is 19.5 Å². The van der Waals surface area contributed by atoms with Gasteiger partial charge < -0.3 is 10.2 Å². The van der Waals surface area contributed by atoms with Crippen LogP contribution in [0.5, 0.6) is 0 Å². The van der Waals surface area contributed by atoms with Crippen LogP contribution in [-0.4, -0.2) is 44.5 Å². The number of rotatable bonds is 5. The summed E-state index contributed by atoms with van der Waals surface area (Å²) in [5.74, 6) is 0.751. The van der Waals surface area contributed by atoms with E-state index in [0.717, 1.165) is 5.52 Å². The molecule has 0 bridgehead atoms. The standard InChI is InChI=1S/C13H19N5O/c1-4-17(5-2)13(19)10(3)16-12-11-6-7-15-18(11)9-8-14-12/h6-10H,4-5H2,1-3H3,(H,14,16). The summed E-state index contributed by atoms with van der Waals surface area (Å²) in [5, 5.41) is 7.30. The van der Waals surface area contributed by atoms with Crippen molar-refractivity contribution in [2.75, 3.05) is 18.4 Å². The average Bonchev–Trinajstić information content (AvgIpc) is 2.89. The van der Waals surface area contributed by atoms with Gasteiger partial charge in [0.05, 0.1) is 6.20 Å². The maximum atomic E-state index is 12.2. The molecule has 1 N–H and O–H groups in total. The summed E-state index contributed by atoms with van der Waals surface area (Å²) in [6.07, 6.45) is 5.15. The van der Waals surface area contributed by atoms with E-state index >= 15 is 0 Å². The molecule has 0 saturated heterocycles. The zero-order valence-electron chi connectivity index (χ0n) is 11.5. The van der Waals surface area contributed by atoms with Crippen LogP contribution < -0.4 is 5.32 Å². The lowest BCUT2D eigenvalue weighted by atomic mass is 10.2. The molecule has 2 aromatic rings. The topological polar surface area (TPSA) is 62.5 Å². The molecule has 0 spiro atoms. The minimum absolute atomic E-state index is 0.0771. The van der Waals surface area contributed by atoms with Crippen LogP contribution in [0.4, 0.5) is 5.82 Å². The highest BCUT2D eigenvalue weighted by Crippen LogP contribution is 2.14. The molecule has 2 rings (SSSR count). The molecule has 0 aromatic carbocycles. The number of nitrogens with one attached hydrogen (secondary N) is 1. The van der Waals surface area contributed by atoms with Crippen molar-refractivity contribution in [3.63, 3.8) is 0 Å². The van der Waals surface area contributed by atoms with Gasteiger partial charge >= 0.3 is 0 Å². The lowest BCUT2D eigenvalue weighted by Crippen LogP contribution is -2.41. The van der Waals surface area contributed by atoms with Crippen molar-refractivity contribution in [3.05, 3.63) is 24.7 Å². The Balaban J connectivity index is 2.16. The van der Waals surface area contributed by atoms with Crippen molar-refractivity contribution in [1.29, 1.82) is 0 Å². The number of carbonyl (C=O) groups excluding carboxylic acids is 1. The molecule has 2 aromatic heterocycles. The second-order valence-corrected chi connectivity index (χ2v) is 4.31. The van der Waals surface area contributed by atoms with Gasteiger partial charge in [0.15, 0.2) is 5.82 Å². The van der Waals surface area contributed by atoms with E-state index in [-0.39, 0.29) is 11.9 Å². The third-order valence-electron chi connectivity index (χ3n) is 3.12. The normalized spacial score (nSPS) is 12.4. The van der Waals surface area contributed by atoms with Crippen LogP contribution in [0.3, 0.4) is 0 Å². The summed E-state index contributed by atoms with van der Waals surface area (Å²) in [7, 11) is 0. The average molecular weight is 261 g/mol. The predicted octanol–water partition coefficient (Wildman–Crippen LogP) is 1.40. The Labute approximate surface area is 112 Å². The Morgan fingerprint density at radius 1 is 1.42 bits per heavy atom. The number of amides is 1. The van der Waals surface area contributed by atoms with Crippen molar-refractivity contribution < 1.29 is 4.79 Å². The highest BCUT2D eigenvalue weighted by Gasteiger charge is 2.19. The minimum Gasteiger partial charge on any atom is -0.357 e. The highest BCUT2D eigenvalue weighted by atomic mass is 16.2. The predicted molar refractivity (Wildman–Crippen MR) is 74.0 cm³/mol. The number of carbonyl (C=O) groups is 1. The van der Waals surface area contributed by atoms with E-state index in [1.54, 1.807) is 28.0 Å². The van der Waals surface area contributed by atoms with Crippen LogP contribution in [0.15, 0.2) is 24.7 Å². The Morgan fingerprint density at radius 3 is 2.84 bits per heavy atom. The molecule has 1 amide bonds. The van der Waals surface area contributed by atoms with Gasteiger partial charge in [0, 0.05) is 25.5 Å². The van der Waals surface area contributed by atoms with Gasteiger partial charge in [-0.1, -0.05) is 0 Å². The van der Waals surface area contributed by atoms with Gasteiger partial charge in [0.1, 0.15) is 11.6 Å². The maximum absolute atomic E-state index is 12.2. The molecule has 6 nitrogen and oxygen atoms in total. The highest BCUT2D eigenvalue weighted by molar-refractivity contribution is 5.85. The smallest absolute Gasteiger partial charge is 0.244 e. The van der Waals surface area contributed by atoms with Crippen LogP contribution in [0.2, 0.25) is 0 Å². The number of hydrogen-bond donors (Lipinski definition) is 1. The molecule has 0 aliphatic heterocycles. The molecule has 0 aliphatic carbocycles. The molecule has 6 heteroatoms. The summed E-state index contributed by atoms with van der Waals surface area (Å²) >= 11 is 0. The third kappa shape index (κ3) is 2.67. The first kappa shape index (κ1) is 13.3. The quantitative estimate of drug-likeness (QED) is 0.883. The summed E-state index contributed by atoms with van der Waals surface area (Å²) in [4.78, 5) is 18.3. The monoisotopic (exact) mass is 261 g/mol. The van der Waals surface area contributed by atoms with Crippen molar-refractivity contribution in [2.24, 2.45) is 0 Å². The molecular formula is C13H19N5O. The lowest BCUT2D eigenvalue weighted by Gasteiger charge is -2.23. The summed E-state index contributed by atoms with van der Waals surface area (Å²) in [5.41, 5.74) is 0.863. The van der Waals surface area contributed by atoms with Crippen LogP contribution in [0.1, 0.15) is 20.8 Å². The lowest BCUT2D eigenvalue weighted by molar-refractivity contribution is -0.131. The van der Waals surface area contributed by atoms with Crippen molar-refractivity contribution in [2.45, 2.75) is 26.8 Å². The van der Waals surface area contributed by atoms with Crippen LogP contribution in [-0.2, 0) is 4.79 Å². The second-order valence-electron chi connectivity index (χ2n) is 4.31. The molecule has 0 radical (unpaired) electrons. The van der Waals surface area contributed by atoms with E-state index < -0.39 is 0 Å². The van der Waals surface area contributed by atoms with Gasteiger partial charge in [0.25, 0.3) is 0 Å². The molecule has 19 heavy (non-hydrogen) atoms. The van der Waals surface area contributed by atoms with E-state index in [9.17, 15) is 4.79 Å². The maximum Gasteiger partial charge on any atom is 0.244 e. The van der Waals surface area contributed by atoms with Crippen molar-refractivity contribution >= 4 is 17.2 Å². The molecule has 2 heterocycles. The minimum atomic E-state index is -0.312. The largest absolute Gasteiger partial charge is 0.357 e. The van der Waals surface area contributed by atoms with Gasteiger partial charge in [-0.05, 0) is 26.8 Å². The third-order valence-corrected chi connectivity index (χ3v) is 3.12. The van der Waals surface area contributed by atoms with Gasteiger partial charge in [-0.25, -0.2) is 9.50 Å². The van der Waals surface area contributed by atoms with Crippen LogP contribution in [0.25, 0.3) is 5.52 Å². The first-order valence-corrected chi connectivity index (χ1v) is 6.51. The molecule has 0 fully saturated rings.